The number of aliphatic hydroxyl groups is 1. The Bertz CT molecular complexity index is 1090. The lowest BCUT2D eigenvalue weighted by Gasteiger charge is -2.15. The minimum Gasteiger partial charge on any atom is -0.396 e. The van der Waals surface area contributed by atoms with Gasteiger partial charge in [-0.15, -0.1) is 0 Å². The van der Waals surface area contributed by atoms with Crippen molar-refractivity contribution in [3.05, 3.63) is 89.1 Å². The first-order valence-electron chi connectivity index (χ1n) is 12.0. The Morgan fingerprint density at radius 3 is 1.85 bits per heavy atom. The molecule has 0 spiro atoms. The van der Waals surface area contributed by atoms with Crippen molar-refractivity contribution in [2.45, 2.75) is 54.9 Å². The number of allylic oxidation sites excluding steroid dienone is 1. The van der Waals surface area contributed by atoms with E-state index in [-0.39, 0.29) is 5.78 Å². The van der Waals surface area contributed by atoms with E-state index >= 15 is 0 Å². The van der Waals surface area contributed by atoms with Crippen LogP contribution < -0.4 is 0 Å². The van der Waals surface area contributed by atoms with Crippen LogP contribution in [-0.2, 0) is 0 Å². The number of aryl methyl sites for hydroxylation is 1. The first kappa shape index (κ1) is 28.7. The van der Waals surface area contributed by atoms with Crippen LogP contribution in [0.4, 0.5) is 0 Å². The van der Waals surface area contributed by atoms with Crippen LogP contribution in [0.1, 0.15) is 73.8 Å². The molecule has 3 heteroatoms. The molecule has 1 heterocycles. The molecule has 0 unspecified atom stereocenters. The molecular formula is C31H39NO2. The highest BCUT2D eigenvalue weighted by Crippen LogP contribution is 2.31. The highest BCUT2D eigenvalue weighted by Gasteiger charge is 2.18. The van der Waals surface area contributed by atoms with Gasteiger partial charge < -0.3 is 5.11 Å². The van der Waals surface area contributed by atoms with E-state index in [9.17, 15) is 4.79 Å². The zero-order valence-corrected chi connectivity index (χ0v) is 21.8. The second kappa shape index (κ2) is 14.8. The number of aliphatic hydroxyl groups excluding tert-OH is 1. The van der Waals surface area contributed by atoms with Gasteiger partial charge in [-0.2, -0.15) is 0 Å². The van der Waals surface area contributed by atoms with E-state index in [4.69, 9.17) is 10.1 Å². The predicted octanol–water partition coefficient (Wildman–Crippen LogP) is 8.33. The smallest absolute Gasteiger partial charge is 0.160 e. The van der Waals surface area contributed by atoms with Crippen molar-refractivity contribution in [2.75, 3.05) is 6.61 Å². The van der Waals surface area contributed by atoms with Gasteiger partial charge in [0.15, 0.2) is 5.78 Å². The quantitative estimate of drug-likeness (QED) is 0.379. The number of carbonyl (C=O) groups excluding carboxylic acids is 1. The molecule has 1 N–H and O–H groups in total. The third-order valence-corrected chi connectivity index (χ3v) is 5.16. The monoisotopic (exact) mass is 457 g/mol. The molecule has 0 fully saturated rings. The van der Waals surface area contributed by atoms with E-state index < -0.39 is 0 Å². The lowest BCUT2D eigenvalue weighted by molar-refractivity contribution is 0.101. The van der Waals surface area contributed by atoms with Gasteiger partial charge in [0.05, 0.1) is 11.4 Å². The minimum absolute atomic E-state index is 0.0260. The molecule has 0 atom stereocenters. The van der Waals surface area contributed by atoms with Gasteiger partial charge in [0.25, 0.3) is 0 Å². The summed E-state index contributed by atoms with van der Waals surface area (Å²) < 4.78 is 0. The largest absolute Gasteiger partial charge is 0.396 e. The number of carbonyl (C=O) groups is 1. The summed E-state index contributed by atoms with van der Waals surface area (Å²) in [6.07, 6.45) is 6.45. The average Bonchev–Trinajstić information content (AvgIpc) is 2.86. The fraction of sp³-hybridized carbons (Fsp3) is 0.290. The SMILES string of the molecule is C=Cc1c(/C=C\C)nc(-c2ccc(-c3ccc(C)cc3)cc2)c(C)c1C(C)=O.CC.CCCO. The van der Waals surface area contributed by atoms with Gasteiger partial charge in [0, 0.05) is 23.3 Å². The fourth-order valence-corrected chi connectivity index (χ4v) is 3.51. The van der Waals surface area contributed by atoms with Crippen LogP contribution in [0.15, 0.2) is 61.2 Å². The van der Waals surface area contributed by atoms with Crippen molar-refractivity contribution >= 4 is 17.9 Å². The summed E-state index contributed by atoms with van der Waals surface area (Å²) in [5.74, 6) is 0.0260. The van der Waals surface area contributed by atoms with E-state index in [1.54, 1.807) is 13.0 Å². The Hall–Kier alpha value is -3.30. The number of benzene rings is 2. The summed E-state index contributed by atoms with van der Waals surface area (Å²) in [5, 5.41) is 7.88. The van der Waals surface area contributed by atoms with Crippen molar-refractivity contribution in [3.63, 3.8) is 0 Å². The van der Waals surface area contributed by atoms with Crippen LogP contribution in [0.25, 0.3) is 34.5 Å². The summed E-state index contributed by atoms with van der Waals surface area (Å²) in [6, 6.07) is 16.8. The number of nitrogens with zero attached hydrogens (tertiary/aromatic N) is 1. The molecule has 1 aromatic heterocycles. The molecule has 0 saturated carbocycles. The van der Waals surface area contributed by atoms with Crippen LogP contribution in [-0.4, -0.2) is 22.5 Å². The second-order valence-electron chi connectivity index (χ2n) is 7.69. The van der Waals surface area contributed by atoms with Crippen LogP contribution in [0.2, 0.25) is 0 Å². The minimum atomic E-state index is 0.0260. The Labute approximate surface area is 205 Å². The summed E-state index contributed by atoms with van der Waals surface area (Å²) in [7, 11) is 0. The molecule has 0 aliphatic rings. The Balaban J connectivity index is 0.000000872. The lowest BCUT2D eigenvalue weighted by atomic mass is 9.93. The summed E-state index contributed by atoms with van der Waals surface area (Å²) in [4.78, 5) is 17.2. The number of hydrogen-bond acceptors (Lipinski definition) is 3. The van der Waals surface area contributed by atoms with Gasteiger partial charge in [0.2, 0.25) is 0 Å². The summed E-state index contributed by atoms with van der Waals surface area (Å²) in [5.41, 5.74) is 8.56. The zero-order valence-electron chi connectivity index (χ0n) is 21.8. The van der Waals surface area contributed by atoms with Gasteiger partial charge in [0.1, 0.15) is 0 Å². The number of rotatable bonds is 6. The van der Waals surface area contributed by atoms with E-state index in [0.717, 1.165) is 40.1 Å². The van der Waals surface area contributed by atoms with Crippen molar-refractivity contribution in [1.82, 2.24) is 4.98 Å². The topological polar surface area (TPSA) is 50.2 Å². The third kappa shape index (κ3) is 7.36. The number of pyridine rings is 1. The molecule has 0 aliphatic heterocycles. The Morgan fingerprint density at radius 2 is 1.44 bits per heavy atom. The van der Waals surface area contributed by atoms with Gasteiger partial charge >= 0.3 is 0 Å². The molecule has 0 bridgehead atoms. The van der Waals surface area contributed by atoms with Crippen LogP contribution in [0, 0.1) is 13.8 Å². The van der Waals surface area contributed by atoms with Crippen LogP contribution in [0.3, 0.4) is 0 Å². The van der Waals surface area contributed by atoms with Crippen molar-refractivity contribution in [1.29, 1.82) is 0 Å². The lowest BCUT2D eigenvalue weighted by Crippen LogP contribution is -2.07. The molecule has 0 amide bonds. The Morgan fingerprint density at radius 1 is 0.971 bits per heavy atom. The summed E-state index contributed by atoms with van der Waals surface area (Å²) in [6.45, 7) is 17.7. The van der Waals surface area contributed by atoms with Crippen molar-refractivity contribution < 1.29 is 9.90 Å². The van der Waals surface area contributed by atoms with Crippen LogP contribution >= 0.6 is 0 Å². The van der Waals surface area contributed by atoms with Crippen molar-refractivity contribution in [2.24, 2.45) is 0 Å². The van der Waals surface area contributed by atoms with Gasteiger partial charge in [-0.05, 0) is 56.9 Å². The van der Waals surface area contributed by atoms with E-state index in [0.29, 0.717) is 12.2 Å². The molecule has 0 saturated heterocycles. The Kier molecular flexibility index (Phi) is 12.5. The number of hydrogen-bond donors (Lipinski definition) is 1. The molecule has 0 aliphatic carbocycles. The molecule has 34 heavy (non-hydrogen) atoms. The average molecular weight is 458 g/mol. The highest BCUT2D eigenvalue weighted by atomic mass is 16.2. The highest BCUT2D eigenvalue weighted by molar-refractivity contribution is 6.01. The third-order valence-electron chi connectivity index (χ3n) is 5.16. The second-order valence-corrected chi connectivity index (χ2v) is 7.69. The zero-order chi connectivity index (χ0) is 25.7. The number of aromatic nitrogens is 1. The van der Waals surface area contributed by atoms with Crippen LogP contribution in [0.5, 0.6) is 0 Å². The molecule has 3 rings (SSSR count). The standard InChI is InChI=1S/C26H25NO.C3H8O.C2H6/c1-6-8-24-23(7-2)25(19(5)28)18(4)26(27-24)22-15-13-21(14-16-22)20-11-9-17(3)10-12-20;1-2-3-4;1-2/h6-16H,2H2,1,3-5H3;4H,2-3H2,1H3;1-2H3/b8-6-;;. The van der Waals surface area contributed by atoms with Gasteiger partial charge in [-0.25, -0.2) is 4.98 Å². The fourth-order valence-electron chi connectivity index (χ4n) is 3.51. The predicted molar refractivity (Wildman–Crippen MR) is 148 cm³/mol. The molecular weight excluding hydrogens is 418 g/mol. The molecule has 180 valence electrons. The van der Waals surface area contributed by atoms with Gasteiger partial charge in [-0.1, -0.05) is 93.6 Å². The number of ketones is 1. The van der Waals surface area contributed by atoms with E-state index in [1.165, 1.54) is 11.1 Å². The molecule has 3 aromatic rings. The first-order chi connectivity index (χ1) is 16.4. The maximum Gasteiger partial charge on any atom is 0.160 e. The van der Waals surface area contributed by atoms with Crippen molar-refractivity contribution in [3.8, 4) is 22.4 Å². The van der Waals surface area contributed by atoms with E-state index in [2.05, 4.69) is 62.0 Å². The molecule has 2 aromatic carbocycles. The van der Waals surface area contributed by atoms with E-state index in [1.807, 2.05) is 46.8 Å². The number of Topliss-reactive ketones (excluding diaryl/α,β-unsaturated/α-hetero) is 1. The maximum absolute atomic E-state index is 12.4. The molecule has 3 nitrogen and oxygen atoms in total. The molecule has 0 radical (unpaired) electrons. The van der Waals surface area contributed by atoms with Gasteiger partial charge in [-0.3, -0.25) is 4.79 Å². The normalized spacial score (nSPS) is 10.1. The first-order valence-corrected chi connectivity index (χ1v) is 12.0. The maximum atomic E-state index is 12.4. The summed E-state index contributed by atoms with van der Waals surface area (Å²) >= 11 is 0.